The van der Waals surface area contributed by atoms with Crippen LogP contribution in [0.2, 0.25) is 0 Å². The van der Waals surface area contributed by atoms with Crippen LogP contribution in [0.1, 0.15) is 57.1 Å². The Morgan fingerprint density at radius 1 is 1.31 bits per heavy atom. The molecule has 0 aliphatic heterocycles. The van der Waals surface area contributed by atoms with Gasteiger partial charge in [0.2, 0.25) is 0 Å². The van der Waals surface area contributed by atoms with Gasteiger partial charge in [-0.05, 0) is 55.7 Å². The molecule has 1 aromatic carbocycles. The highest BCUT2D eigenvalue weighted by atomic mass is 19.4. The van der Waals surface area contributed by atoms with Gasteiger partial charge in [0.15, 0.2) is 5.75 Å². The van der Waals surface area contributed by atoms with Crippen LogP contribution in [0.4, 0.5) is 18.9 Å². The van der Waals surface area contributed by atoms with Crippen LogP contribution in [0.15, 0.2) is 12.1 Å². The van der Waals surface area contributed by atoms with Crippen molar-refractivity contribution < 1.29 is 27.4 Å². The van der Waals surface area contributed by atoms with Gasteiger partial charge in [-0.15, -0.1) is 0 Å². The predicted octanol–water partition coefficient (Wildman–Crippen LogP) is 4.77. The van der Waals surface area contributed by atoms with Gasteiger partial charge in [0, 0.05) is 0 Å². The zero-order chi connectivity index (χ0) is 19.5. The van der Waals surface area contributed by atoms with Crippen LogP contribution in [-0.4, -0.2) is 19.2 Å². The number of nitrogen functional groups attached to an aromatic ring is 1. The Morgan fingerprint density at radius 3 is 2.46 bits per heavy atom. The molecule has 0 aromatic heterocycles. The lowest BCUT2D eigenvalue weighted by Gasteiger charge is -2.22. The molecule has 1 saturated carbocycles. The predicted molar refractivity (Wildman–Crippen MR) is 92.9 cm³/mol. The fourth-order valence-corrected chi connectivity index (χ4v) is 2.82. The van der Waals surface area contributed by atoms with Crippen LogP contribution in [0.5, 0.6) is 5.75 Å². The molecule has 1 aliphatic rings. The number of esters is 1. The van der Waals surface area contributed by atoms with E-state index in [0.717, 1.165) is 18.9 Å². The van der Waals surface area contributed by atoms with Gasteiger partial charge in [0.05, 0.1) is 30.4 Å². The lowest BCUT2D eigenvalue weighted by molar-refractivity contribution is -0.146. The Hall–Kier alpha value is -1.92. The molecule has 1 aromatic rings. The number of carbonyl (C=O) groups excluding carboxylic acids is 1. The van der Waals surface area contributed by atoms with E-state index in [1.165, 1.54) is 6.07 Å². The van der Waals surface area contributed by atoms with Crippen molar-refractivity contribution in [2.75, 3.05) is 18.9 Å². The van der Waals surface area contributed by atoms with E-state index < -0.39 is 23.6 Å². The van der Waals surface area contributed by atoms with Crippen LogP contribution >= 0.6 is 0 Å². The molecule has 2 rings (SSSR count). The highest BCUT2D eigenvalue weighted by Gasteiger charge is 2.38. The van der Waals surface area contributed by atoms with Crippen molar-refractivity contribution in [2.24, 2.45) is 11.8 Å². The van der Waals surface area contributed by atoms with Crippen molar-refractivity contribution in [1.82, 2.24) is 0 Å². The third-order valence-electron chi connectivity index (χ3n) is 4.29. The number of hydrogen-bond acceptors (Lipinski definition) is 4. The summed E-state index contributed by atoms with van der Waals surface area (Å²) in [4.78, 5) is 12.3. The fraction of sp³-hybridized carbons (Fsp3) is 0.632. The van der Waals surface area contributed by atoms with E-state index in [0.29, 0.717) is 12.3 Å². The van der Waals surface area contributed by atoms with E-state index in [1.54, 1.807) is 6.92 Å². The second-order valence-electron chi connectivity index (χ2n) is 7.17. The van der Waals surface area contributed by atoms with Gasteiger partial charge in [-0.1, -0.05) is 13.8 Å². The lowest BCUT2D eigenvalue weighted by atomic mass is 9.88. The highest BCUT2D eigenvalue weighted by Crippen LogP contribution is 2.43. The molecular weight excluding hydrogens is 347 g/mol. The number of nitrogens with two attached hydrogens (primary N) is 1. The van der Waals surface area contributed by atoms with E-state index in [4.69, 9.17) is 15.2 Å². The van der Waals surface area contributed by atoms with Crippen molar-refractivity contribution in [1.29, 1.82) is 0 Å². The Kier molecular flexibility index (Phi) is 6.42. The first kappa shape index (κ1) is 20.4. The number of alkyl halides is 3. The Balaban J connectivity index is 2.42. The van der Waals surface area contributed by atoms with E-state index in [1.807, 2.05) is 13.8 Å². The summed E-state index contributed by atoms with van der Waals surface area (Å²) in [6.07, 6.45) is -2.34. The minimum absolute atomic E-state index is 0.103. The average molecular weight is 373 g/mol. The summed E-state index contributed by atoms with van der Waals surface area (Å²) < 4.78 is 51.1. The second-order valence-corrected chi connectivity index (χ2v) is 7.17. The van der Waals surface area contributed by atoms with Crippen LogP contribution < -0.4 is 10.5 Å². The molecule has 7 heteroatoms. The van der Waals surface area contributed by atoms with Crippen LogP contribution in [0.3, 0.4) is 0 Å². The van der Waals surface area contributed by atoms with Gasteiger partial charge in [-0.3, -0.25) is 4.79 Å². The van der Waals surface area contributed by atoms with Gasteiger partial charge in [0.25, 0.3) is 0 Å². The summed E-state index contributed by atoms with van der Waals surface area (Å²) in [6, 6.07) is 2.38. The Bertz CT molecular complexity index is 640. The van der Waals surface area contributed by atoms with Crippen LogP contribution in [0.25, 0.3) is 0 Å². The zero-order valence-corrected chi connectivity index (χ0v) is 15.4. The van der Waals surface area contributed by atoms with Crippen molar-refractivity contribution in [3.8, 4) is 5.75 Å². The molecule has 0 radical (unpaired) electrons. The van der Waals surface area contributed by atoms with Crippen molar-refractivity contribution in [3.05, 3.63) is 23.3 Å². The molecule has 0 amide bonds. The molecule has 4 nitrogen and oxygen atoms in total. The number of carbonyl (C=O) groups is 1. The van der Waals surface area contributed by atoms with Crippen molar-refractivity contribution in [3.63, 3.8) is 0 Å². The Labute approximate surface area is 151 Å². The van der Waals surface area contributed by atoms with E-state index in [2.05, 4.69) is 0 Å². The molecule has 1 unspecified atom stereocenters. The zero-order valence-electron chi connectivity index (χ0n) is 15.4. The smallest absolute Gasteiger partial charge is 0.420 e. The van der Waals surface area contributed by atoms with Gasteiger partial charge >= 0.3 is 12.1 Å². The number of hydrogen-bond donors (Lipinski definition) is 1. The molecule has 0 saturated heterocycles. The molecule has 1 fully saturated rings. The first-order chi connectivity index (χ1) is 12.1. The molecule has 2 N–H and O–H groups in total. The first-order valence-corrected chi connectivity index (χ1v) is 8.93. The largest absolute Gasteiger partial charge is 0.490 e. The van der Waals surface area contributed by atoms with E-state index in [9.17, 15) is 18.0 Å². The fourth-order valence-electron chi connectivity index (χ4n) is 2.82. The lowest BCUT2D eigenvalue weighted by Crippen LogP contribution is -2.20. The Morgan fingerprint density at radius 2 is 1.96 bits per heavy atom. The van der Waals surface area contributed by atoms with Crippen LogP contribution in [0, 0.1) is 11.8 Å². The maximum absolute atomic E-state index is 13.6. The molecule has 0 heterocycles. The first-order valence-electron chi connectivity index (χ1n) is 8.93. The molecular formula is C19H26F3NO3. The summed E-state index contributed by atoms with van der Waals surface area (Å²) in [7, 11) is 0. The van der Waals surface area contributed by atoms with E-state index >= 15 is 0 Å². The number of benzene rings is 1. The van der Waals surface area contributed by atoms with Gasteiger partial charge in [-0.2, -0.15) is 13.2 Å². The molecule has 146 valence electrons. The maximum atomic E-state index is 13.6. The van der Waals surface area contributed by atoms with Crippen LogP contribution in [-0.2, 0) is 15.7 Å². The SMILES string of the molecule is CCOC(=O)C(CC(C)C)c1cc(N)c(OCC2CC2)c(C(F)(F)F)c1. The molecule has 1 aliphatic carbocycles. The number of halogens is 3. The summed E-state index contributed by atoms with van der Waals surface area (Å²) in [5.41, 5.74) is 5.06. The molecule has 0 spiro atoms. The molecule has 1 atom stereocenters. The van der Waals surface area contributed by atoms with E-state index in [-0.39, 0.29) is 36.1 Å². The topological polar surface area (TPSA) is 61.5 Å². The standard InChI is InChI=1S/C19H26F3NO3/c1-4-25-18(24)14(7-11(2)3)13-8-15(19(20,21)22)17(16(23)9-13)26-10-12-5-6-12/h8-9,11-12,14H,4-7,10,23H2,1-3H3. The third-order valence-corrected chi connectivity index (χ3v) is 4.29. The highest BCUT2D eigenvalue weighted by molar-refractivity contribution is 5.79. The normalized spacial score (nSPS) is 15.8. The van der Waals surface area contributed by atoms with Crippen molar-refractivity contribution >= 4 is 11.7 Å². The third kappa shape index (κ3) is 5.29. The van der Waals surface area contributed by atoms with Gasteiger partial charge in [-0.25, -0.2) is 0 Å². The number of ether oxygens (including phenoxy) is 2. The quantitative estimate of drug-likeness (QED) is 0.527. The number of anilines is 1. The van der Waals surface area contributed by atoms with Gasteiger partial charge < -0.3 is 15.2 Å². The summed E-state index contributed by atoms with van der Waals surface area (Å²) in [5, 5.41) is 0. The average Bonchev–Trinajstić information content (AvgIpc) is 3.34. The maximum Gasteiger partial charge on any atom is 0.420 e. The van der Waals surface area contributed by atoms with Crippen molar-refractivity contribution in [2.45, 2.75) is 52.1 Å². The summed E-state index contributed by atoms with van der Waals surface area (Å²) in [6.45, 7) is 5.84. The number of rotatable bonds is 8. The minimum Gasteiger partial charge on any atom is -0.490 e. The monoisotopic (exact) mass is 373 g/mol. The second kappa shape index (κ2) is 8.18. The minimum atomic E-state index is -4.62. The molecule has 0 bridgehead atoms. The summed E-state index contributed by atoms with van der Waals surface area (Å²) in [5.74, 6) is -1.29. The van der Waals surface area contributed by atoms with Gasteiger partial charge in [0.1, 0.15) is 0 Å². The molecule has 26 heavy (non-hydrogen) atoms. The summed E-state index contributed by atoms with van der Waals surface area (Å²) >= 11 is 0.